The third-order valence-corrected chi connectivity index (χ3v) is 3.45. The van der Waals surface area contributed by atoms with Crippen LogP contribution in [0.4, 0.5) is 4.39 Å². The van der Waals surface area contributed by atoms with E-state index in [0.29, 0.717) is 0 Å². The summed E-state index contributed by atoms with van der Waals surface area (Å²) >= 11 is 0. The van der Waals surface area contributed by atoms with Crippen molar-refractivity contribution in [2.24, 2.45) is 0 Å². The average Bonchev–Trinajstić information content (AvgIpc) is 2.42. The lowest BCUT2D eigenvalue weighted by Crippen LogP contribution is -2.52. The van der Waals surface area contributed by atoms with Crippen LogP contribution < -0.4 is 10.6 Å². The molecule has 0 spiro atoms. The highest BCUT2D eigenvalue weighted by Gasteiger charge is 2.28. The van der Waals surface area contributed by atoms with Crippen LogP contribution in [0.1, 0.15) is 51.4 Å². The molecule has 5 nitrogen and oxygen atoms in total. The van der Waals surface area contributed by atoms with E-state index in [1.54, 1.807) is 6.07 Å². The Morgan fingerprint density at radius 1 is 1.43 bits per heavy atom. The molecule has 1 unspecified atom stereocenters. The summed E-state index contributed by atoms with van der Waals surface area (Å²) in [6.07, 6.45) is 0.382. The van der Waals surface area contributed by atoms with Gasteiger partial charge in [0.1, 0.15) is 11.9 Å². The van der Waals surface area contributed by atoms with Crippen molar-refractivity contribution in [1.82, 2.24) is 10.6 Å². The molecule has 1 heterocycles. The summed E-state index contributed by atoms with van der Waals surface area (Å²) in [6, 6.07) is 3.55. The summed E-state index contributed by atoms with van der Waals surface area (Å²) in [5, 5.41) is 4.61. The molecule has 1 aliphatic heterocycles. The predicted octanol–water partition coefficient (Wildman–Crippen LogP) is 1.98. The van der Waals surface area contributed by atoms with Gasteiger partial charge < -0.3 is 5.32 Å². The first-order valence-corrected chi connectivity index (χ1v) is 6.82. The molecule has 1 aromatic rings. The quantitative estimate of drug-likeness (QED) is 0.837. The zero-order chi connectivity index (χ0) is 15.6. The molecule has 1 aliphatic rings. The standard InChI is InChI=1S/C15H17FN2O3.2H2/c1-8(2)9-3-4-11(16)10(7-9)14(20)17-12-5-6-13(19)18-15(12)21;;/h3-4,7-8,12H,5-6H2,1-2H3,(H,17,20)(H,18,19,21);2*1H. The predicted molar refractivity (Wildman–Crippen MR) is 78.4 cm³/mol. The van der Waals surface area contributed by atoms with Crippen molar-refractivity contribution in [2.75, 3.05) is 0 Å². The van der Waals surface area contributed by atoms with Crippen molar-refractivity contribution in [3.05, 3.63) is 35.1 Å². The van der Waals surface area contributed by atoms with Gasteiger partial charge in [0.2, 0.25) is 11.8 Å². The van der Waals surface area contributed by atoms with Crippen molar-refractivity contribution < 1.29 is 21.6 Å². The fourth-order valence-electron chi connectivity index (χ4n) is 2.14. The number of amides is 3. The number of carbonyl (C=O) groups is 3. The van der Waals surface area contributed by atoms with Gasteiger partial charge in [-0.3, -0.25) is 19.7 Å². The fraction of sp³-hybridized carbons (Fsp3) is 0.400. The molecule has 21 heavy (non-hydrogen) atoms. The third-order valence-electron chi connectivity index (χ3n) is 3.45. The van der Waals surface area contributed by atoms with E-state index in [-0.39, 0.29) is 33.1 Å². The van der Waals surface area contributed by atoms with Gasteiger partial charge in [-0.05, 0) is 30.0 Å². The zero-order valence-corrected chi connectivity index (χ0v) is 11.9. The van der Waals surface area contributed by atoms with Gasteiger partial charge in [0.25, 0.3) is 5.91 Å². The normalized spacial score (nSPS) is 18.6. The second-order valence-corrected chi connectivity index (χ2v) is 5.37. The number of hydrogen-bond donors (Lipinski definition) is 2. The highest BCUT2D eigenvalue weighted by molar-refractivity contribution is 6.03. The van der Waals surface area contributed by atoms with Gasteiger partial charge >= 0.3 is 0 Å². The van der Waals surface area contributed by atoms with Crippen molar-refractivity contribution in [3.8, 4) is 0 Å². The van der Waals surface area contributed by atoms with Gasteiger partial charge in [-0.15, -0.1) is 0 Å². The number of hydrogen-bond acceptors (Lipinski definition) is 3. The first kappa shape index (κ1) is 15.2. The molecular weight excluding hydrogens is 275 g/mol. The average molecular weight is 296 g/mol. The minimum absolute atomic E-state index is 0. The summed E-state index contributed by atoms with van der Waals surface area (Å²) in [5.74, 6) is -2.04. The van der Waals surface area contributed by atoms with E-state index in [2.05, 4.69) is 10.6 Å². The molecule has 116 valence electrons. The summed E-state index contributed by atoms with van der Waals surface area (Å²) in [6.45, 7) is 3.88. The van der Waals surface area contributed by atoms with Crippen molar-refractivity contribution in [1.29, 1.82) is 0 Å². The highest BCUT2D eigenvalue weighted by atomic mass is 19.1. The Morgan fingerprint density at radius 3 is 2.76 bits per heavy atom. The van der Waals surface area contributed by atoms with Gasteiger partial charge in [-0.1, -0.05) is 19.9 Å². The van der Waals surface area contributed by atoms with Gasteiger partial charge in [-0.2, -0.15) is 0 Å². The molecule has 1 atom stereocenters. The maximum absolute atomic E-state index is 13.8. The number of halogens is 1. The maximum atomic E-state index is 13.8. The molecule has 0 aromatic heterocycles. The van der Waals surface area contributed by atoms with E-state index >= 15 is 0 Å². The van der Waals surface area contributed by atoms with E-state index in [4.69, 9.17) is 0 Å². The number of carbonyl (C=O) groups excluding carboxylic acids is 3. The van der Waals surface area contributed by atoms with Crippen LogP contribution in [0.15, 0.2) is 18.2 Å². The van der Waals surface area contributed by atoms with E-state index < -0.39 is 23.7 Å². The minimum atomic E-state index is -0.808. The molecular formula is C15H21FN2O3. The van der Waals surface area contributed by atoms with E-state index in [9.17, 15) is 18.8 Å². The van der Waals surface area contributed by atoms with Crippen LogP contribution >= 0.6 is 0 Å². The second kappa shape index (κ2) is 6.03. The van der Waals surface area contributed by atoms with Gasteiger partial charge in [0.05, 0.1) is 5.56 Å². The maximum Gasteiger partial charge on any atom is 0.254 e. The van der Waals surface area contributed by atoms with E-state index in [1.807, 2.05) is 13.8 Å². The molecule has 0 saturated carbocycles. The van der Waals surface area contributed by atoms with Crippen molar-refractivity contribution >= 4 is 17.7 Å². The van der Waals surface area contributed by atoms with Crippen LogP contribution in [0.3, 0.4) is 0 Å². The topological polar surface area (TPSA) is 75.3 Å². The number of nitrogens with one attached hydrogen (secondary N) is 2. The molecule has 3 amide bonds. The minimum Gasteiger partial charge on any atom is -0.340 e. The number of benzene rings is 1. The summed E-state index contributed by atoms with van der Waals surface area (Å²) < 4.78 is 13.8. The van der Waals surface area contributed by atoms with E-state index in [1.165, 1.54) is 12.1 Å². The van der Waals surface area contributed by atoms with Gasteiger partial charge in [0, 0.05) is 9.27 Å². The Hall–Kier alpha value is -2.24. The summed E-state index contributed by atoms with van der Waals surface area (Å²) in [4.78, 5) is 34.8. The Labute approximate surface area is 124 Å². The molecule has 0 aliphatic carbocycles. The van der Waals surface area contributed by atoms with Crippen LogP contribution in [0, 0.1) is 5.82 Å². The van der Waals surface area contributed by atoms with Crippen LogP contribution in [0.5, 0.6) is 0 Å². The molecule has 0 radical (unpaired) electrons. The largest absolute Gasteiger partial charge is 0.340 e. The number of piperidine rings is 1. The fourth-order valence-corrected chi connectivity index (χ4v) is 2.14. The smallest absolute Gasteiger partial charge is 0.254 e. The van der Waals surface area contributed by atoms with Crippen LogP contribution in [0.2, 0.25) is 0 Å². The lowest BCUT2D eigenvalue weighted by Gasteiger charge is -2.22. The van der Waals surface area contributed by atoms with Crippen LogP contribution in [0.25, 0.3) is 0 Å². The lowest BCUT2D eigenvalue weighted by molar-refractivity contribution is -0.134. The Balaban J connectivity index is 0.00000242. The molecule has 2 N–H and O–H groups in total. The Bertz CT molecular complexity index is 608. The first-order chi connectivity index (χ1) is 9.88. The van der Waals surface area contributed by atoms with Gasteiger partial charge in [-0.25, -0.2) is 4.39 Å². The Kier molecular flexibility index (Phi) is 4.35. The highest BCUT2D eigenvalue weighted by Crippen LogP contribution is 2.18. The van der Waals surface area contributed by atoms with Crippen molar-refractivity contribution in [3.63, 3.8) is 0 Å². The molecule has 1 aromatic carbocycles. The Morgan fingerprint density at radius 2 is 2.14 bits per heavy atom. The molecule has 1 saturated heterocycles. The third kappa shape index (κ3) is 3.45. The molecule has 0 bridgehead atoms. The van der Waals surface area contributed by atoms with E-state index in [0.717, 1.165) is 5.56 Å². The zero-order valence-electron chi connectivity index (χ0n) is 11.9. The monoisotopic (exact) mass is 296 g/mol. The van der Waals surface area contributed by atoms with Crippen LogP contribution in [-0.4, -0.2) is 23.8 Å². The second-order valence-electron chi connectivity index (χ2n) is 5.37. The SMILES string of the molecule is CC(C)c1ccc(F)c(C(=O)NC2CCC(=O)NC2=O)c1.[HH].[HH]. The van der Waals surface area contributed by atoms with Gasteiger partial charge in [0.15, 0.2) is 0 Å². The molecule has 1 fully saturated rings. The number of rotatable bonds is 3. The lowest BCUT2D eigenvalue weighted by atomic mass is 9.99. The number of imide groups is 1. The first-order valence-electron chi connectivity index (χ1n) is 6.82. The van der Waals surface area contributed by atoms with Crippen molar-refractivity contribution in [2.45, 2.75) is 38.6 Å². The molecule has 6 heteroatoms. The van der Waals surface area contributed by atoms with Crippen LogP contribution in [-0.2, 0) is 9.59 Å². The summed E-state index contributed by atoms with van der Waals surface area (Å²) in [5.41, 5.74) is 0.746. The summed E-state index contributed by atoms with van der Waals surface area (Å²) in [7, 11) is 0. The molecule has 2 rings (SSSR count).